The Morgan fingerprint density at radius 1 is 1.22 bits per heavy atom. The molecule has 0 amide bonds. The summed E-state index contributed by atoms with van der Waals surface area (Å²) in [6, 6.07) is 0. The van der Waals surface area contributed by atoms with Crippen LogP contribution >= 0.6 is 0 Å². The van der Waals surface area contributed by atoms with Crippen LogP contribution in [0.4, 0.5) is 0 Å². The Kier molecular flexibility index (Phi) is 1.21. The van der Waals surface area contributed by atoms with Crippen LogP contribution in [0.2, 0.25) is 0 Å². The minimum Gasteiger partial charge on any atom is -0.0458 e. The molecule has 2 saturated carbocycles. The van der Waals surface area contributed by atoms with Crippen LogP contribution in [-0.4, -0.2) is 0 Å². The first-order valence-electron chi connectivity index (χ1n) is 4.19. The third kappa shape index (κ3) is 0.953. The van der Waals surface area contributed by atoms with Crippen LogP contribution in [-0.2, 0) is 0 Å². The lowest BCUT2D eigenvalue weighted by molar-refractivity contribution is 0.354. The molecule has 0 aromatic rings. The van der Waals surface area contributed by atoms with Gasteiger partial charge in [-0.2, -0.15) is 0 Å². The zero-order chi connectivity index (χ0) is 6.27. The maximum Gasteiger partial charge on any atom is 0.0983 e. The first-order chi connectivity index (χ1) is 4.34. The summed E-state index contributed by atoms with van der Waals surface area (Å²) >= 11 is 0. The van der Waals surface area contributed by atoms with Crippen molar-refractivity contribution in [1.82, 2.24) is 0 Å². The van der Waals surface area contributed by atoms with E-state index in [0.29, 0.717) is 0 Å². The van der Waals surface area contributed by atoms with Crippen molar-refractivity contribution >= 4 is 0 Å². The van der Waals surface area contributed by atoms with Gasteiger partial charge in [-0.25, -0.2) is 0 Å². The molecule has 2 aliphatic rings. The van der Waals surface area contributed by atoms with Crippen LogP contribution < -0.4 is 0 Å². The molecule has 2 rings (SSSR count). The Morgan fingerprint density at radius 3 is 2.89 bits per heavy atom. The Morgan fingerprint density at radius 2 is 2.11 bits per heavy atom. The minimum absolute atomic E-state index is 0.927. The van der Waals surface area contributed by atoms with Crippen molar-refractivity contribution in [2.75, 3.05) is 0 Å². The fraction of sp³-hybridized carbons (Fsp3) is 0.889. The van der Waals surface area contributed by atoms with Gasteiger partial charge in [0.15, 0.2) is 0 Å². The van der Waals surface area contributed by atoms with Crippen LogP contribution in [0.1, 0.15) is 32.6 Å². The van der Waals surface area contributed by atoms with Crippen LogP contribution in [0.25, 0.3) is 0 Å². The zero-order valence-electron chi connectivity index (χ0n) is 6.14. The van der Waals surface area contributed by atoms with Gasteiger partial charge in [-0.15, -0.1) is 0 Å². The summed E-state index contributed by atoms with van der Waals surface area (Å²) in [5, 5.41) is 0. The van der Waals surface area contributed by atoms with Gasteiger partial charge in [0.05, 0.1) is 18.3 Å². The first kappa shape index (κ1) is 5.64. The molecule has 0 heteroatoms. The molecule has 3 atom stereocenters. The van der Waals surface area contributed by atoms with E-state index in [1.165, 1.54) is 25.7 Å². The smallest absolute Gasteiger partial charge is 0.0458 e. The van der Waals surface area contributed by atoms with Crippen molar-refractivity contribution in [3.05, 3.63) is 6.42 Å². The van der Waals surface area contributed by atoms with Gasteiger partial charge in [-0.3, -0.25) is 0 Å². The van der Waals surface area contributed by atoms with Gasteiger partial charge in [0.2, 0.25) is 0 Å². The monoisotopic (exact) mass is 123 g/mol. The lowest BCUT2D eigenvalue weighted by Crippen LogP contribution is -2.13. The molecule has 1 unspecified atom stereocenters. The highest BCUT2D eigenvalue weighted by Crippen LogP contribution is 2.43. The average molecular weight is 123 g/mol. The third-order valence-corrected chi connectivity index (χ3v) is 2.89. The molecular formula is C9H15+. The first-order valence-corrected chi connectivity index (χ1v) is 4.19. The van der Waals surface area contributed by atoms with E-state index >= 15 is 0 Å². The summed E-state index contributed by atoms with van der Waals surface area (Å²) in [4.78, 5) is 0. The van der Waals surface area contributed by atoms with Crippen molar-refractivity contribution in [2.24, 2.45) is 17.8 Å². The maximum absolute atomic E-state index is 2.57. The second-order valence-electron chi connectivity index (χ2n) is 3.84. The normalized spacial score (nSPS) is 48.8. The minimum atomic E-state index is 0.927. The largest absolute Gasteiger partial charge is 0.0983 e. The molecule has 2 fully saturated rings. The predicted molar refractivity (Wildman–Crippen MR) is 38.9 cm³/mol. The van der Waals surface area contributed by atoms with Crippen LogP contribution in [0, 0.1) is 24.2 Å². The Labute approximate surface area is 57.6 Å². The van der Waals surface area contributed by atoms with Crippen LogP contribution in [0.5, 0.6) is 0 Å². The summed E-state index contributed by atoms with van der Waals surface area (Å²) in [6.45, 7) is 2.37. The second kappa shape index (κ2) is 1.93. The predicted octanol–water partition coefficient (Wildman–Crippen LogP) is 2.65. The van der Waals surface area contributed by atoms with Gasteiger partial charge < -0.3 is 0 Å². The summed E-state index contributed by atoms with van der Waals surface area (Å²) in [5.74, 6) is 3.05. The van der Waals surface area contributed by atoms with E-state index in [2.05, 4.69) is 13.3 Å². The summed E-state index contributed by atoms with van der Waals surface area (Å²) < 4.78 is 0. The lowest BCUT2D eigenvalue weighted by atomic mass is 9.82. The average Bonchev–Trinajstić information content (AvgIpc) is 2.11. The van der Waals surface area contributed by atoms with E-state index in [-0.39, 0.29) is 0 Å². The lowest BCUT2D eigenvalue weighted by Gasteiger charge is -2.16. The zero-order valence-corrected chi connectivity index (χ0v) is 6.14. The Bertz CT molecular complexity index is 94.6. The fourth-order valence-electron chi connectivity index (χ4n) is 2.57. The molecule has 0 nitrogen and oxygen atoms in total. The molecule has 0 aromatic carbocycles. The van der Waals surface area contributed by atoms with Crippen molar-refractivity contribution in [2.45, 2.75) is 32.6 Å². The number of fused-ring (bicyclic) bond motifs is 2. The van der Waals surface area contributed by atoms with E-state index in [9.17, 15) is 0 Å². The molecule has 0 N–H and O–H groups in total. The van der Waals surface area contributed by atoms with Gasteiger partial charge in [-0.05, 0) is 38.5 Å². The quantitative estimate of drug-likeness (QED) is 0.434. The molecular weight excluding hydrogens is 108 g/mol. The molecule has 2 bridgehead atoms. The Balaban J connectivity index is 2.03. The molecule has 0 heterocycles. The maximum atomic E-state index is 2.57. The molecule has 9 heavy (non-hydrogen) atoms. The van der Waals surface area contributed by atoms with Crippen molar-refractivity contribution in [1.29, 1.82) is 0 Å². The van der Waals surface area contributed by atoms with Gasteiger partial charge in [0, 0.05) is 0 Å². The topological polar surface area (TPSA) is 0 Å². The van der Waals surface area contributed by atoms with E-state index in [1.807, 2.05) is 0 Å². The highest BCUT2D eigenvalue weighted by molar-refractivity contribution is 4.94. The number of hydrogen-bond donors (Lipinski definition) is 0. The highest BCUT2D eigenvalue weighted by Gasteiger charge is 2.38. The van der Waals surface area contributed by atoms with E-state index in [0.717, 1.165) is 17.8 Å². The molecule has 0 saturated heterocycles. The highest BCUT2D eigenvalue weighted by atomic mass is 14.4. The molecule has 0 aromatic heterocycles. The van der Waals surface area contributed by atoms with Crippen molar-refractivity contribution in [3.8, 4) is 0 Å². The SMILES string of the molecule is CC1[CH+][C@H]2CC[C@@H](C1)C2. The van der Waals surface area contributed by atoms with Crippen molar-refractivity contribution in [3.63, 3.8) is 0 Å². The fourth-order valence-corrected chi connectivity index (χ4v) is 2.57. The van der Waals surface area contributed by atoms with Gasteiger partial charge in [0.25, 0.3) is 0 Å². The van der Waals surface area contributed by atoms with Crippen molar-refractivity contribution < 1.29 is 0 Å². The number of rotatable bonds is 0. The summed E-state index contributed by atoms with van der Waals surface area (Å²) in [6.07, 6.45) is 8.59. The van der Waals surface area contributed by atoms with Gasteiger partial charge in [0.1, 0.15) is 0 Å². The van der Waals surface area contributed by atoms with Gasteiger partial charge >= 0.3 is 0 Å². The van der Waals surface area contributed by atoms with E-state index in [1.54, 1.807) is 0 Å². The molecule has 0 spiro atoms. The molecule has 0 radical (unpaired) electrons. The van der Waals surface area contributed by atoms with E-state index in [4.69, 9.17) is 0 Å². The number of hydrogen-bond acceptors (Lipinski definition) is 0. The molecule has 50 valence electrons. The molecule has 2 aliphatic carbocycles. The van der Waals surface area contributed by atoms with Gasteiger partial charge in [-0.1, -0.05) is 0 Å². The standard InChI is InChI=1S/C9H15/c1-7-4-8-2-3-9(5-7)6-8/h4,7-9H,2-3,5-6H2,1H3/q+1/t7?,8-,9+/m1/s1. The summed E-state index contributed by atoms with van der Waals surface area (Å²) in [7, 11) is 0. The Hall–Kier alpha value is -0.130. The van der Waals surface area contributed by atoms with E-state index < -0.39 is 0 Å². The van der Waals surface area contributed by atoms with Crippen LogP contribution in [0.15, 0.2) is 0 Å². The van der Waals surface area contributed by atoms with Crippen LogP contribution in [0.3, 0.4) is 0 Å². The summed E-state index contributed by atoms with van der Waals surface area (Å²) in [5.41, 5.74) is 0. The second-order valence-corrected chi connectivity index (χ2v) is 3.84. The molecule has 0 aliphatic heterocycles. The third-order valence-electron chi connectivity index (χ3n) is 2.89.